The molecule has 0 radical (unpaired) electrons. The van der Waals surface area contributed by atoms with Crippen LogP contribution in [0.3, 0.4) is 0 Å². The molecule has 1 atom stereocenters. The lowest BCUT2D eigenvalue weighted by Gasteiger charge is -2.59. The Hall–Kier alpha value is -0.730. The Labute approximate surface area is 91.8 Å². The number of hydrogen-bond acceptors (Lipinski definition) is 2. The average Bonchev–Trinajstić information content (AvgIpc) is 1.95. The second-order valence-electron chi connectivity index (χ2n) is 6.14. The molecule has 1 amide bonds. The summed E-state index contributed by atoms with van der Waals surface area (Å²) in [6.45, 7) is 9.83. The predicted molar refractivity (Wildman–Crippen MR) is 58.6 cm³/mol. The monoisotopic (exact) mass is 211 g/mol. The molecule has 1 aliphatic carbocycles. The van der Waals surface area contributed by atoms with Crippen LogP contribution in [0.1, 0.15) is 40.5 Å². The van der Waals surface area contributed by atoms with Gasteiger partial charge in [0.15, 0.2) is 0 Å². The lowest BCUT2D eigenvalue weighted by molar-refractivity contribution is -0.105. The standard InChI is InChI=1S/C12H21NO2/c1-9-5-6-12(9)7-13(8-12)10(14)15-11(2,3)4/h9H,5-8H2,1-4H3. The first-order valence-corrected chi connectivity index (χ1v) is 5.80. The molecule has 0 aromatic heterocycles. The van der Waals surface area contributed by atoms with Gasteiger partial charge in [0.05, 0.1) is 0 Å². The van der Waals surface area contributed by atoms with Crippen LogP contribution < -0.4 is 0 Å². The third kappa shape index (κ3) is 1.84. The number of likely N-dealkylation sites (tertiary alicyclic amines) is 1. The van der Waals surface area contributed by atoms with Crippen LogP contribution in [0.2, 0.25) is 0 Å². The van der Waals surface area contributed by atoms with E-state index in [0.717, 1.165) is 19.0 Å². The van der Waals surface area contributed by atoms with E-state index in [-0.39, 0.29) is 11.7 Å². The van der Waals surface area contributed by atoms with Crippen molar-refractivity contribution in [3.05, 3.63) is 0 Å². The molecular weight excluding hydrogens is 190 g/mol. The molecule has 0 aromatic carbocycles. The van der Waals surface area contributed by atoms with E-state index in [0.29, 0.717) is 5.41 Å². The topological polar surface area (TPSA) is 29.5 Å². The predicted octanol–water partition coefficient (Wildman–Crippen LogP) is 2.65. The molecule has 1 heterocycles. The van der Waals surface area contributed by atoms with Gasteiger partial charge in [0.1, 0.15) is 5.60 Å². The molecule has 2 rings (SSSR count). The molecule has 1 spiro atoms. The minimum atomic E-state index is -0.370. The lowest BCUT2D eigenvalue weighted by atomic mass is 9.56. The number of amides is 1. The second kappa shape index (κ2) is 3.13. The maximum atomic E-state index is 11.7. The summed E-state index contributed by atoms with van der Waals surface area (Å²) in [4.78, 5) is 13.5. The molecule has 1 aliphatic heterocycles. The fraction of sp³-hybridized carbons (Fsp3) is 0.917. The van der Waals surface area contributed by atoms with E-state index < -0.39 is 0 Å². The molecular formula is C12H21NO2. The van der Waals surface area contributed by atoms with Crippen molar-refractivity contribution in [2.75, 3.05) is 13.1 Å². The van der Waals surface area contributed by atoms with Crippen LogP contribution in [-0.2, 0) is 4.74 Å². The van der Waals surface area contributed by atoms with Gasteiger partial charge in [-0.15, -0.1) is 0 Å². The molecule has 0 N–H and O–H groups in total. The van der Waals surface area contributed by atoms with Gasteiger partial charge in [-0.25, -0.2) is 4.79 Å². The van der Waals surface area contributed by atoms with Gasteiger partial charge in [-0.1, -0.05) is 6.92 Å². The van der Waals surface area contributed by atoms with Crippen LogP contribution in [0.15, 0.2) is 0 Å². The Balaban J connectivity index is 1.82. The van der Waals surface area contributed by atoms with Gasteiger partial charge in [-0.05, 0) is 39.5 Å². The van der Waals surface area contributed by atoms with E-state index in [1.165, 1.54) is 12.8 Å². The third-order valence-corrected chi connectivity index (χ3v) is 3.78. The molecule has 3 heteroatoms. The van der Waals surface area contributed by atoms with Gasteiger partial charge in [0.2, 0.25) is 0 Å². The molecule has 0 aromatic rings. The number of ether oxygens (including phenoxy) is 1. The highest BCUT2D eigenvalue weighted by atomic mass is 16.6. The Morgan fingerprint density at radius 2 is 2.00 bits per heavy atom. The summed E-state index contributed by atoms with van der Waals surface area (Å²) < 4.78 is 5.33. The van der Waals surface area contributed by atoms with Gasteiger partial charge in [-0.2, -0.15) is 0 Å². The number of carbonyl (C=O) groups excluding carboxylic acids is 1. The number of nitrogens with zero attached hydrogens (tertiary/aromatic N) is 1. The van der Waals surface area contributed by atoms with Crippen LogP contribution in [0.25, 0.3) is 0 Å². The average molecular weight is 211 g/mol. The summed E-state index contributed by atoms with van der Waals surface area (Å²) in [5.74, 6) is 0.788. The van der Waals surface area contributed by atoms with Crippen molar-refractivity contribution in [1.82, 2.24) is 4.90 Å². The quantitative estimate of drug-likeness (QED) is 0.616. The van der Waals surface area contributed by atoms with Crippen molar-refractivity contribution in [1.29, 1.82) is 0 Å². The van der Waals surface area contributed by atoms with E-state index >= 15 is 0 Å². The van der Waals surface area contributed by atoms with Gasteiger partial charge < -0.3 is 9.64 Å². The van der Waals surface area contributed by atoms with Crippen molar-refractivity contribution in [3.63, 3.8) is 0 Å². The summed E-state index contributed by atoms with van der Waals surface area (Å²) in [6, 6.07) is 0. The molecule has 2 fully saturated rings. The first kappa shape index (κ1) is 10.8. The summed E-state index contributed by atoms with van der Waals surface area (Å²) in [6.07, 6.45) is 2.46. The van der Waals surface area contributed by atoms with Crippen LogP contribution in [-0.4, -0.2) is 29.7 Å². The fourth-order valence-corrected chi connectivity index (χ4v) is 2.48. The maximum Gasteiger partial charge on any atom is 0.410 e. The highest BCUT2D eigenvalue weighted by molar-refractivity contribution is 5.69. The third-order valence-electron chi connectivity index (χ3n) is 3.78. The van der Waals surface area contributed by atoms with E-state index in [1.807, 2.05) is 25.7 Å². The van der Waals surface area contributed by atoms with E-state index in [1.54, 1.807) is 0 Å². The summed E-state index contributed by atoms with van der Waals surface area (Å²) in [5.41, 5.74) is 0.0853. The second-order valence-corrected chi connectivity index (χ2v) is 6.14. The molecule has 1 unspecified atom stereocenters. The molecule has 3 nitrogen and oxygen atoms in total. The summed E-state index contributed by atoms with van der Waals surface area (Å²) in [7, 11) is 0. The van der Waals surface area contributed by atoms with Crippen LogP contribution in [0.5, 0.6) is 0 Å². The zero-order chi connectivity index (χ0) is 11.3. The number of hydrogen-bond donors (Lipinski definition) is 0. The van der Waals surface area contributed by atoms with Crippen LogP contribution in [0.4, 0.5) is 4.79 Å². The Morgan fingerprint density at radius 1 is 1.40 bits per heavy atom. The highest BCUT2D eigenvalue weighted by Crippen LogP contribution is 2.52. The van der Waals surface area contributed by atoms with Gasteiger partial charge >= 0.3 is 6.09 Å². The van der Waals surface area contributed by atoms with Gasteiger partial charge in [0, 0.05) is 18.5 Å². The molecule has 1 saturated heterocycles. The van der Waals surface area contributed by atoms with Gasteiger partial charge in [-0.3, -0.25) is 0 Å². The Morgan fingerprint density at radius 3 is 2.33 bits per heavy atom. The highest BCUT2D eigenvalue weighted by Gasteiger charge is 2.54. The van der Waals surface area contributed by atoms with E-state index in [9.17, 15) is 4.79 Å². The minimum Gasteiger partial charge on any atom is -0.444 e. The lowest BCUT2D eigenvalue weighted by Crippen LogP contribution is -2.65. The van der Waals surface area contributed by atoms with Crippen molar-refractivity contribution in [2.45, 2.75) is 46.1 Å². The smallest absolute Gasteiger partial charge is 0.410 e. The van der Waals surface area contributed by atoms with Crippen LogP contribution >= 0.6 is 0 Å². The zero-order valence-electron chi connectivity index (χ0n) is 10.2. The van der Waals surface area contributed by atoms with Gasteiger partial charge in [0.25, 0.3) is 0 Å². The molecule has 86 valence electrons. The number of carbonyl (C=O) groups is 1. The normalized spacial score (nSPS) is 28.3. The van der Waals surface area contributed by atoms with E-state index in [2.05, 4.69) is 6.92 Å². The fourth-order valence-electron chi connectivity index (χ4n) is 2.48. The molecule has 15 heavy (non-hydrogen) atoms. The Kier molecular flexibility index (Phi) is 2.25. The minimum absolute atomic E-state index is 0.146. The first-order chi connectivity index (χ1) is 6.82. The first-order valence-electron chi connectivity index (χ1n) is 5.80. The molecule has 2 aliphatic rings. The van der Waals surface area contributed by atoms with Crippen molar-refractivity contribution < 1.29 is 9.53 Å². The van der Waals surface area contributed by atoms with Crippen molar-refractivity contribution in [2.24, 2.45) is 11.3 Å². The Bertz CT molecular complexity index is 274. The molecule has 1 saturated carbocycles. The van der Waals surface area contributed by atoms with Crippen LogP contribution in [0, 0.1) is 11.3 Å². The zero-order valence-corrected chi connectivity index (χ0v) is 10.2. The largest absolute Gasteiger partial charge is 0.444 e. The SMILES string of the molecule is CC1CCC12CN(C(=O)OC(C)(C)C)C2. The summed E-state index contributed by atoms with van der Waals surface area (Å²) >= 11 is 0. The summed E-state index contributed by atoms with van der Waals surface area (Å²) in [5, 5.41) is 0. The van der Waals surface area contributed by atoms with Crippen molar-refractivity contribution in [3.8, 4) is 0 Å². The maximum absolute atomic E-state index is 11.7. The molecule has 0 bridgehead atoms. The van der Waals surface area contributed by atoms with E-state index in [4.69, 9.17) is 4.74 Å². The number of rotatable bonds is 0. The van der Waals surface area contributed by atoms with Crippen molar-refractivity contribution >= 4 is 6.09 Å².